The summed E-state index contributed by atoms with van der Waals surface area (Å²) in [6.45, 7) is 0. The summed E-state index contributed by atoms with van der Waals surface area (Å²) in [5.41, 5.74) is 2.85. The summed E-state index contributed by atoms with van der Waals surface area (Å²) in [4.78, 5) is 0. The molecule has 2 aliphatic rings. The Morgan fingerprint density at radius 2 is 2.36 bits per heavy atom. The predicted molar refractivity (Wildman–Crippen MR) is 48.9 cm³/mol. The molecule has 1 fully saturated rings. The van der Waals surface area contributed by atoms with Crippen molar-refractivity contribution in [1.82, 2.24) is 0 Å². The van der Waals surface area contributed by atoms with Crippen LogP contribution in [0.4, 0.5) is 5.69 Å². The number of fused-ring (bicyclic) bond motifs is 3. The Labute approximate surface area is 73.9 Å². The second-order valence-electron chi connectivity index (χ2n) is 3.32. The van der Waals surface area contributed by atoms with E-state index in [4.69, 9.17) is 0 Å². The van der Waals surface area contributed by atoms with E-state index in [9.17, 15) is 0 Å². The van der Waals surface area contributed by atoms with Gasteiger partial charge >= 0.3 is 0 Å². The fourth-order valence-corrected chi connectivity index (χ4v) is 2.25. The number of hydrogen-bond acceptors (Lipinski definition) is 1. The fourth-order valence-electron chi connectivity index (χ4n) is 1.87. The predicted octanol–water partition coefficient (Wildman–Crippen LogP) is 2.73. The lowest BCUT2D eigenvalue weighted by Gasteiger charge is -2.02. The molecule has 1 aromatic carbocycles. The van der Waals surface area contributed by atoms with Gasteiger partial charge in [0.05, 0.1) is 0 Å². The Morgan fingerprint density at radius 1 is 1.45 bits per heavy atom. The van der Waals surface area contributed by atoms with Crippen LogP contribution in [0.1, 0.15) is 17.9 Å². The van der Waals surface area contributed by atoms with E-state index in [1.54, 1.807) is 0 Å². The first kappa shape index (κ1) is 6.06. The van der Waals surface area contributed by atoms with Crippen LogP contribution in [0.2, 0.25) is 0 Å². The number of rotatable bonds is 0. The number of benzene rings is 1. The second-order valence-corrected chi connectivity index (χ2v) is 4.24. The zero-order valence-electron chi connectivity index (χ0n) is 5.97. The summed E-state index contributed by atoms with van der Waals surface area (Å²) in [5.74, 6) is 0.822. The lowest BCUT2D eigenvalue weighted by atomic mass is 10.1. The Kier molecular flexibility index (Phi) is 0.995. The smallest absolute Gasteiger partial charge is 0.0379 e. The summed E-state index contributed by atoms with van der Waals surface area (Å²) in [7, 11) is 0. The third-order valence-corrected chi connectivity index (χ3v) is 3.04. The number of halogens is 1. The van der Waals surface area contributed by atoms with Crippen LogP contribution >= 0.6 is 15.9 Å². The quantitative estimate of drug-likeness (QED) is 0.694. The standard InChI is InChI=1S/C9H8BrN/c10-5-1-2-8-6(3-5)7-4-9(7)11-8/h1-3,7,9,11H,4H2. The van der Waals surface area contributed by atoms with Crippen LogP contribution in [0.15, 0.2) is 22.7 Å². The van der Waals surface area contributed by atoms with Gasteiger partial charge in [0.1, 0.15) is 0 Å². The molecule has 0 radical (unpaired) electrons. The van der Waals surface area contributed by atoms with Gasteiger partial charge in [-0.3, -0.25) is 0 Å². The molecule has 56 valence electrons. The van der Waals surface area contributed by atoms with E-state index in [1.807, 2.05) is 0 Å². The molecule has 11 heavy (non-hydrogen) atoms. The minimum Gasteiger partial charge on any atom is -0.381 e. The molecule has 1 aliphatic carbocycles. The van der Waals surface area contributed by atoms with Gasteiger partial charge in [0.25, 0.3) is 0 Å². The average molecular weight is 210 g/mol. The first-order valence-electron chi connectivity index (χ1n) is 3.90. The fraction of sp³-hybridized carbons (Fsp3) is 0.333. The van der Waals surface area contributed by atoms with Crippen molar-refractivity contribution in [2.75, 3.05) is 5.32 Å². The van der Waals surface area contributed by atoms with Gasteiger partial charge in [0, 0.05) is 22.1 Å². The third-order valence-electron chi connectivity index (χ3n) is 2.54. The highest BCUT2D eigenvalue weighted by Crippen LogP contribution is 2.52. The van der Waals surface area contributed by atoms with Crippen LogP contribution in [0.25, 0.3) is 0 Å². The van der Waals surface area contributed by atoms with Crippen molar-refractivity contribution < 1.29 is 0 Å². The minimum absolute atomic E-state index is 0.763. The topological polar surface area (TPSA) is 12.0 Å². The van der Waals surface area contributed by atoms with E-state index >= 15 is 0 Å². The first-order valence-corrected chi connectivity index (χ1v) is 4.70. The molecule has 1 aliphatic heterocycles. The minimum atomic E-state index is 0.763. The molecule has 1 nitrogen and oxygen atoms in total. The summed E-state index contributed by atoms with van der Waals surface area (Å²) in [6, 6.07) is 7.25. The molecule has 0 amide bonds. The van der Waals surface area contributed by atoms with Crippen LogP contribution in [-0.4, -0.2) is 6.04 Å². The normalized spacial score (nSPS) is 30.6. The van der Waals surface area contributed by atoms with Crippen LogP contribution < -0.4 is 5.32 Å². The van der Waals surface area contributed by atoms with E-state index in [-0.39, 0.29) is 0 Å². The molecule has 1 heterocycles. The third kappa shape index (κ3) is 0.761. The van der Waals surface area contributed by atoms with Crippen molar-refractivity contribution >= 4 is 21.6 Å². The summed E-state index contributed by atoms with van der Waals surface area (Å²) in [6.07, 6.45) is 1.34. The van der Waals surface area contributed by atoms with E-state index < -0.39 is 0 Å². The largest absolute Gasteiger partial charge is 0.381 e. The maximum atomic E-state index is 3.48. The van der Waals surface area contributed by atoms with Gasteiger partial charge < -0.3 is 5.32 Å². The van der Waals surface area contributed by atoms with Gasteiger partial charge in [-0.05, 0) is 30.2 Å². The molecule has 0 aromatic heterocycles. The van der Waals surface area contributed by atoms with Crippen molar-refractivity contribution in [3.63, 3.8) is 0 Å². The zero-order chi connectivity index (χ0) is 7.42. The summed E-state index contributed by atoms with van der Waals surface area (Å²) in [5, 5.41) is 3.48. The van der Waals surface area contributed by atoms with E-state index in [0.717, 1.165) is 12.0 Å². The van der Waals surface area contributed by atoms with E-state index in [1.165, 1.54) is 22.1 Å². The van der Waals surface area contributed by atoms with Gasteiger partial charge in [-0.15, -0.1) is 0 Å². The second kappa shape index (κ2) is 1.81. The molecule has 0 spiro atoms. The van der Waals surface area contributed by atoms with Crippen molar-refractivity contribution in [3.8, 4) is 0 Å². The lowest BCUT2D eigenvalue weighted by molar-refractivity contribution is 1.13. The van der Waals surface area contributed by atoms with Crippen molar-refractivity contribution in [2.24, 2.45) is 0 Å². The molecule has 1 aromatic rings. The van der Waals surface area contributed by atoms with Crippen LogP contribution in [-0.2, 0) is 0 Å². The van der Waals surface area contributed by atoms with Crippen molar-refractivity contribution in [1.29, 1.82) is 0 Å². The van der Waals surface area contributed by atoms with Crippen molar-refractivity contribution in [2.45, 2.75) is 18.4 Å². The Bertz CT molecular complexity index is 321. The molecule has 2 unspecified atom stereocenters. The zero-order valence-corrected chi connectivity index (χ0v) is 7.56. The lowest BCUT2D eigenvalue weighted by Crippen LogP contribution is -1.95. The number of nitrogens with one attached hydrogen (secondary N) is 1. The monoisotopic (exact) mass is 209 g/mol. The van der Waals surface area contributed by atoms with Crippen LogP contribution in [0.5, 0.6) is 0 Å². The molecule has 0 saturated heterocycles. The molecule has 2 heteroatoms. The van der Waals surface area contributed by atoms with Gasteiger partial charge in [-0.2, -0.15) is 0 Å². The Hall–Kier alpha value is -0.500. The summed E-state index contributed by atoms with van der Waals surface area (Å²) < 4.78 is 1.20. The molecule has 0 bridgehead atoms. The van der Waals surface area contributed by atoms with Crippen molar-refractivity contribution in [3.05, 3.63) is 28.2 Å². The maximum Gasteiger partial charge on any atom is 0.0379 e. The van der Waals surface area contributed by atoms with Gasteiger partial charge in [-0.25, -0.2) is 0 Å². The van der Waals surface area contributed by atoms with E-state index in [0.29, 0.717) is 0 Å². The number of anilines is 1. The van der Waals surface area contributed by atoms with Crippen LogP contribution in [0, 0.1) is 0 Å². The highest BCUT2D eigenvalue weighted by molar-refractivity contribution is 9.10. The average Bonchev–Trinajstić information content (AvgIpc) is 2.67. The molecular weight excluding hydrogens is 202 g/mol. The molecule has 1 saturated carbocycles. The maximum absolute atomic E-state index is 3.48. The Morgan fingerprint density at radius 3 is 3.27 bits per heavy atom. The van der Waals surface area contributed by atoms with Gasteiger partial charge in [0.15, 0.2) is 0 Å². The SMILES string of the molecule is Brc1ccc2c(c1)C1CC1N2. The molecular formula is C9H8BrN. The van der Waals surface area contributed by atoms with Crippen LogP contribution in [0.3, 0.4) is 0 Å². The Balaban J connectivity index is 2.20. The molecule has 1 N–H and O–H groups in total. The van der Waals surface area contributed by atoms with Gasteiger partial charge in [-0.1, -0.05) is 15.9 Å². The van der Waals surface area contributed by atoms with E-state index in [2.05, 4.69) is 39.4 Å². The molecule has 2 atom stereocenters. The van der Waals surface area contributed by atoms with Gasteiger partial charge in [0.2, 0.25) is 0 Å². The highest BCUT2D eigenvalue weighted by atomic mass is 79.9. The summed E-state index contributed by atoms with van der Waals surface area (Å²) >= 11 is 3.48. The number of hydrogen-bond donors (Lipinski definition) is 1. The highest BCUT2D eigenvalue weighted by Gasteiger charge is 2.44. The first-order chi connectivity index (χ1) is 5.34. The molecule has 3 rings (SSSR count).